The minimum absolute atomic E-state index is 0.0518. The molecule has 0 aliphatic rings. The Morgan fingerprint density at radius 1 is 1.17 bits per heavy atom. The van der Waals surface area contributed by atoms with Crippen molar-refractivity contribution in [3.8, 4) is 5.69 Å². The topological polar surface area (TPSA) is 78.7 Å². The van der Waals surface area contributed by atoms with Gasteiger partial charge in [0.05, 0.1) is 5.75 Å². The van der Waals surface area contributed by atoms with E-state index in [9.17, 15) is 4.79 Å². The minimum Gasteiger partial charge on any atom is -0.336 e. The van der Waals surface area contributed by atoms with Gasteiger partial charge in [-0.2, -0.15) is 0 Å². The van der Waals surface area contributed by atoms with Crippen LogP contribution in [-0.4, -0.2) is 31.0 Å². The number of Topliss-reactive ketones (excluding diaryl/α,β-unsaturated/α-hetero) is 1. The van der Waals surface area contributed by atoms with Gasteiger partial charge in [0.25, 0.3) is 0 Å². The van der Waals surface area contributed by atoms with Crippen LogP contribution < -0.4 is 5.84 Å². The van der Waals surface area contributed by atoms with Gasteiger partial charge in [0, 0.05) is 22.6 Å². The average Bonchev–Trinajstić information content (AvgIpc) is 3.06. The quantitative estimate of drug-likeness (QED) is 0.438. The first kappa shape index (κ1) is 16.3. The van der Waals surface area contributed by atoms with Gasteiger partial charge in [-0.15, -0.1) is 10.2 Å². The van der Waals surface area contributed by atoms with E-state index in [0.717, 1.165) is 22.6 Å². The van der Waals surface area contributed by atoms with Crippen LogP contribution in [0.3, 0.4) is 0 Å². The van der Waals surface area contributed by atoms with Crippen molar-refractivity contribution in [2.75, 3.05) is 11.6 Å². The van der Waals surface area contributed by atoms with E-state index < -0.39 is 0 Å². The van der Waals surface area contributed by atoms with Crippen LogP contribution in [0.25, 0.3) is 5.69 Å². The van der Waals surface area contributed by atoms with E-state index in [-0.39, 0.29) is 11.5 Å². The number of nitrogens with two attached hydrogens (primary N) is 1. The third-order valence-corrected chi connectivity index (χ3v) is 4.86. The van der Waals surface area contributed by atoms with Crippen molar-refractivity contribution >= 4 is 17.5 Å². The number of carbonyl (C=O) groups excluding carboxylic acids is 1. The Labute approximate surface area is 144 Å². The molecule has 3 rings (SSSR count). The van der Waals surface area contributed by atoms with Gasteiger partial charge in [0.2, 0.25) is 5.16 Å². The van der Waals surface area contributed by atoms with Crippen LogP contribution in [-0.2, 0) is 0 Å². The highest BCUT2D eigenvalue weighted by atomic mass is 32.2. The number of carbonyl (C=O) groups is 1. The molecule has 2 heterocycles. The van der Waals surface area contributed by atoms with Gasteiger partial charge in [-0.1, -0.05) is 30.0 Å². The number of para-hydroxylation sites is 1. The van der Waals surface area contributed by atoms with Crippen molar-refractivity contribution in [2.45, 2.75) is 25.9 Å². The standard InChI is InChI=1S/C17H19N5OS/c1-11-9-15(12(2)21(11)14-7-5-4-6-8-14)16(23)10-24-17-20-19-13(3)22(17)18/h4-9H,10,18H2,1-3H3. The van der Waals surface area contributed by atoms with Crippen LogP contribution in [0.4, 0.5) is 0 Å². The second-order valence-electron chi connectivity index (χ2n) is 5.57. The number of benzene rings is 1. The summed E-state index contributed by atoms with van der Waals surface area (Å²) in [5.74, 6) is 6.76. The number of nitrogens with zero attached hydrogens (tertiary/aromatic N) is 4. The summed E-state index contributed by atoms with van der Waals surface area (Å²) in [6.45, 7) is 5.74. The van der Waals surface area contributed by atoms with E-state index in [1.807, 2.05) is 50.2 Å². The fourth-order valence-corrected chi connectivity index (χ4v) is 3.46. The van der Waals surface area contributed by atoms with Gasteiger partial charge in [-0.3, -0.25) is 4.79 Å². The van der Waals surface area contributed by atoms with Gasteiger partial charge in [0.15, 0.2) is 5.78 Å². The zero-order valence-electron chi connectivity index (χ0n) is 13.9. The van der Waals surface area contributed by atoms with Gasteiger partial charge < -0.3 is 10.4 Å². The highest BCUT2D eigenvalue weighted by Gasteiger charge is 2.18. The zero-order valence-corrected chi connectivity index (χ0v) is 14.7. The van der Waals surface area contributed by atoms with E-state index in [1.54, 1.807) is 6.92 Å². The van der Waals surface area contributed by atoms with Crippen LogP contribution in [0.1, 0.15) is 27.6 Å². The summed E-state index contributed by atoms with van der Waals surface area (Å²) in [4.78, 5) is 12.6. The summed E-state index contributed by atoms with van der Waals surface area (Å²) >= 11 is 1.30. The molecule has 2 aromatic heterocycles. The summed E-state index contributed by atoms with van der Waals surface area (Å²) in [6.07, 6.45) is 0. The number of hydrogen-bond donors (Lipinski definition) is 1. The van der Waals surface area contributed by atoms with Crippen LogP contribution in [0.15, 0.2) is 41.6 Å². The number of rotatable bonds is 5. The maximum atomic E-state index is 12.6. The van der Waals surface area contributed by atoms with Gasteiger partial charge in [0.1, 0.15) is 5.82 Å². The highest BCUT2D eigenvalue weighted by molar-refractivity contribution is 7.99. The van der Waals surface area contributed by atoms with Gasteiger partial charge in [-0.25, -0.2) is 4.68 Å². The molecule has 0 radical (unpaired) electrons. The van der Waals surface area contributed by atoms with Crippen molar-refractivity contribution in [2.24, 2.45) is 0 Å². The lowest BCUT2D eigenvalue weighted by molar-refractivity contribution is 0.102. The maximum absolute atomic E-state index is 12.6. The summed E-state index contributed by atoms with van der Waals surface area (Å²) < 4.78 is 3.48. The molecule has 0 amide bonds. The maximum Gasteiger partial charge on any atom is 0.210 e. The fourth-order valence-electron chi connectivity index (χ4n) is 2.68. The zero-order chi connectivity index (χ0) is 17.3. The number of nitrogen functional groups attached to an aromatic ring is 1. The molecule has 0 aliphatic carbocycles. The first-order chi connectivity index (χ1) is 11.5. The molecule has 24 heavy (non-hydrogen) atoms. The van der Waals surface area contributed by atoms with Crippen LogP contribution in [0.2, 0.25) is 0 Å². The summed E-state index contributed by atoms with van der Waals surface area (Å²) in [5, 5.41) is 8.40. The molecule has 0 aliphatic heterocycles. The third-order valence-electron chi connectivity index (χ3n) is 3.91. The third kappa shape index (κ3) is 2.94. The molecule has 0 saturated heterocycles. The molecular weight excluding hydrogens is 322 g/mol. The SMILES string of the molecule is Cc1nnc(SCC(=O)c2cc(C)n(-c3ccccc3)c2C)n1N. The second-order valence-corrected chi connectivity index (χ2v) is 6.51. The van der Waals surface area contributed by atoms with Crippen molar-refractivity contribution in [1.82, 2.24) is 19.4 Å². The van der Waals surface area contributed by atoms with Gasteiger partial charge in [-0.05, 0) is 39.0 Å². The molecule has 0 saturated carbocycles. The molecule has 0 fully saturated rings. The molecule has 0 unspecified atom stereocenters. The van der Waals surface area contributed by atoms with Crippen molar-refractivity contribution in [3.05, 3.63) is 59.2 Å². The Morgan fingerprint density at radius 2 is 1.88 bits per heavy atom. The second kappa shape index (κ2) is 6.52. The van der Waals surface area contributed by atoms with Crippen LogP contribution in [0, 0.1) is 20.8 Å². The van der Waals surface area contributed by atoms with Crippen molar-refractivity contribution in [1.29, 1.82) is 0 Å². The summed E-state index contributed by atoms with van der Waals surface area (Å²) in [7, 11) is 0. The molecule has 7 heteroatoms. The number of ketones is 1. The molecule has 6 nitrogen and oxygen atoms in total. The molecule has 0 atom stereocenters. The predicted molar refractivity (Wildman–Crippen MR) is 95.2 cm³/mol. The molecule has 124 valence electrons. The van der Waals surface area contributed by atoms with Crippen LogP contribution >= 0.6 is 11.8 Å². The Kier molecular flexibility index (Phi) is 4.44. The lowest BCUT2D eigenvalue weighted by Crippen LogP contribution is -2.13. The first-order valence-electron chi connectivity index (χ1n) is 7.56. The Morgan fingerprint density at radius 3 is 2.50 bits per heavy atom. The average molecular weight is 341 g/mol. The van der Waals surface area contributed by atoms with Crippen molar-refractivity contribution < 1.29 is 4.79 Å². The Hall–Kier alpha value is -2.54. The number of thioether (sulfide) groups is 1. The summed E-state index contributed by atoms with van der Waals surface area (Å²) in [5.41, 5.74) is 3.75. The minimum atomic E-state index is 0.0518. The van der Waals surface area contributed by atoms with E-state index in [1.165, 1.54) is 16.4 Å². The van der Waals surface area contributed by atoms with E-state index in [4.69, 9.17) is 5.84 Å². The van der Waals surface area contributed by atoms with Gasteiger partial charge >= 0.3 is 0 Å². The predicted octanol–water partition coefficient (Wildman–Crippen LogP) is 2.68. The molecule has 0 spiro atoms. The molecule has 2 N–H and O–H groups in total. The lowest BCUT2D eigenvalue weighted by Gasteiger charge is -2.09. The largest absolute Gasteiger partial charge is 0.336 e. The number of hydrogen-bond acceptors (Lipinski definition) is 5. The smallest absolute Gasteiger partial charge is 0.210 e. The molecule has 1 aromatic carbocycles. The highest BCUT2D eigenvalue weighted by Crippen LogP contribution is 2.23. The normalized spacial score (nSPS) is 11.0. The van der Waals surface area contributed by atoms with E-state index in [0.29, 0.717) is 11.0 Å². The Bertz CT molecular complexity index is 882. The molecule has 0 bridgehead atoms. The number of aryl methyl sites for hydroxylation is 2. The van der Waals surface area contributed by atoms with Crippen molar-refractivity contribution in [3.63, 3.8) is 0 Å². The Balaban J connectivity index is 1.82. The summed E-state index contributed by atoms with van der Waals surface area (Å²) in [6, 6.07) is 11.9. The monoisotopic (exact) mass is 341 g/mol. The number of aromatic nitrogens is 4. The van der Waals surface area contributed by atoms with E-state index >= 15 is 0 Å². The van der Waals surface area contributed by atoms with Crippen LogP contribution in [0.5, 0.6) is 0 Å². The van der Waals surface area contributed by atoms with E-state index in [2.05, 4.69) is 14.8 Å². The first-order valence-corrected chi connectivity index (χ1v) is 8.55. The molecular formula is C17H19N5OS. The lowest BCUT2D eigenvalue weighted by atomic mass is 10.2. The fraction of sp³-hybridized carbons (Fsp3) is 0.235. The molecule has 3 aromatic rings.